The van der Waals surface area contributed by atoms with Gasteiger partial charge in [-0.05, 0) is 35.8 Å². The van der Waals surface area contributed by atoms with Gasteiger partial charge < -0.3 is 9.47 Å². The van der Waals surface area contributed by atoms with Crippen molar-refractivity contribution >= 4 is 27.3 Å². The summed E-state index contributed by atoms with van der Waals surface area (Å²) in [5, 5.41) is 2.05. The van der Waals surface area contributed by atoms with Crippen LogP contribution in [0.2, 0.25) is 0 Å². The first-order valence-corrected chi connectivity index (χ1v) is 5.73. The molecular formula is C9H13BrO2S. The number of thiophene rings is 1. The van der Waals surface area contributed by atoms with Crippen LogP contribution in [0.15, 0.2) is 15.9 Å². The Balaban J connectivity index is 2.53. The highest BCUT2D eigenvalue weighted by Gasteiger charge is 2.11. The molecule has 0 spiro atoms. The number of halogens is 1. The van der Waals surface area contributed by atoms with E-state index in [4.69, 9.17) is 9.47 Å². The van der Waals surface area contributed by atoms with Gasteiger partial charge in [0.05, 0.1) is 6.10 Å². The minimum absolute atomic E-state index is 0.0891. The van der Waals surface area contributed by atoms with Gasteiger partial charge in [0.15, 0.2) is 6.29 Å². The normalized spacial score (nSPS) is 15.7. The maximum Gasteiger partial charge on any atom is 0.155 e. The van der Waals surface area contributed by atoms with E-state index >= 15 is 0 Å². The van der Waals surface area contributed by atoms with Gasteiger partial charge in [-0.1, -0.05) is 0 Å². The third-order valence-electron chi connectivity index (χ3n) is 1.72. The summed E-state index contributed by atoms with van der Waals surface area (Å²) >= 11 is 5.09. The molecule has 0 aliphatic carbocycles. The van der Waals surface area contributed by atoms with E-state index in [0.717, 1.165) is 4.47 Å². The van der Waals surface area contributed by atoms with Gasteiger partial charge in [-0.2, -0.15) is 0 Å². The Morgan fingerprint density at radius 3 is 2.62 bits per heavy atom. The zero-order chi connectivity index (χ0) is 9.84. The molecule has 13 heavy (non-hydrogen) atoms. The lowest BCUT2D eigenvalue weighted by Crippen LogP contribution is -2.12. The van der Waals surface area contributed by atoms with Crippen molar-refractivity contribution in [2.45, 2.75) is 26.2 Å². The van der Waals surface area contributed by atoms with Gasteiger partial charge in [0.1, 0.15) is 0 Å². The molecule has 1 aromatic rings. The maximum absolute atomic E-state index is 5.57. The van der Waals surface area contributed by atoms with Crippen LogP contribution in [0.25, 0.3) is 0 Å². The molecule has 1 aromatic heterocycles. The molecule has 0 fully saturated rings. The lowest BCUT2D eigenvalue weighted by Gasteiger charge is -2.16. The summed E-state index contributed by atoms with van der Waals surface area (Å²) in [4.78, 5) is 1.20. The summed E-state index contributed by atoms with van der Waals surface area (Å²) in [6.45, 7) is 3.91. The van der Waals surface area contributed by atoms with E-state index in [1.54, 1.807) is 18.4 Å². The summed E-state index contributed by atoms with van der Waals surface area (Å²) in [7, 11) is 1.64. The van der Waals surface area contributed by atoms with Crippen LogP contribution in [0, 0.1) is 0 Å². The van der Waals surface area contributed by atoms with Crippen molar-refractivity contribution in [2.24, 2.45) is 0 Å². The number of hydrogen-bond donors (Lipinski definition) is 0. The minimum atomic E-state index is -0.157. The monoisotopic (exact) mass is 264 g/mol. The second-order valence-electron chi connectivity index (χ2n) is 2.75. The Hall–Kier alpha value is 0.1000. The van der Waals surface area contributed by atoms with E-state index in [0.29, 0.717) is 0 Å². The number of rotatable bonds is 4. The molecule has 74 valence electrons. The number of hydrogen-bond acceptors (Lipinski definition) is 3. The molecule has 1 rings (SSSR count). The van der Waals surface area contributed by atoms with Crippen LogP contribution >= 0.6 is 27.3 Å². The predicted octanol–water partition coefficient (Wildman–Crippen LogP) is 3.58. The average molecular weight is 265 g/mol. The van der Waals surface area contributed by atoms with Crippen molar-refractivity contribution < 1.29 is 9.47 Å². The molecule has 0 N–H and O–H groups in total. The van der Waals surface area contributed by atoms with E-state index < -0.39 is 0 Å². The Kier molecular flexibility index (Phi) is 4.38. The first-order chi connectivity index (χ1) is 6.13. The minimum Gasteiger partial charge on any atom is -0.356 e. The Morgan fingerprint density at radius 1 is 1.46 bits per heavy atom. The first kappa shape index (κ1) is 11.2. The molecular weight excluding hydrogens is 252 g/mol. The topological polar surface area (TPSA) is 18.5 Å². The second kappa shape index (κ2) is 5.10. The molecule has 2 unspecified atom stereocenters. The largest absolute Gasteiger partial charge is 0.356 e. The highest BCUT2D eigenvalue weighted by molar-refractivity contribution is 9.10. The fraction of sp³-hybridized carbons (Fsp3) is 0.556. The van der Waals surface area contributed by atoms with Crippen LogP contribution in [0.4, 0.5) is 0 Å². The van der Waals surface area contributed by atoms with E-state index in [1.807, 2.05) is 19.2 Å². The van der Waals surface area contributed by atoms with Crippen molar-refractivity contribution in [1.82, 2.24) is 0 Å². The van der Waals surface area contributed by atoms with Crippen molar-refractivity contribution in [3.8, 4) is 0 Å². The van der Waals surface area contributed by atoms with Gasteiger partial charge in [0.25, 0.3) is 0 Å². The van der Waals surface area contributed by atoms with Crippen LogP contribution in [0.1, 0.15) is 24.8 Å². The standard InChI is InChI=1S/C9H13BrO2S/c1-6(12-7(2)11-3)9-4-8(10)5-13-9/h4-7H,1-3H3. The molecule has 0 saturated carbocycles. The van der Waals surface area contributed by atoms with Crippen molar-refractivity contribution in [3.05, 3.63) is 20.8 Å². The second-order valence-corrected chi connectivity index (χ2v) is 4.61. The van der Waals surface area contributed by atoms with Gasteiger partial charge in [0, 0.05) is 21.8 Å². The third-order valence-corrected chi connectivity index (χ3v) is 3.57. The molecule has 0 aliphatic rings. The molecule has 0 amide bonds. The first-order valence-electron chi connectivity index (χ1n) is 4.05. The average Bonchev–Trinajstić information content (AvgIpc) is 2.51. The molecule has 0 aliphatic heterocycles. The fourth-order valence-electron chi connectivity index (χ4n) is 0.952. The van der Waals surface area contributed by atoms with Gasteiger partial charge in [0.2, 0.25) is 0 Å². The van der Waals surface area contributed by atoms with Crippen molar-refractivity contribution in [1.29, 1.82) is 0 Å². The van der Waals surface area contributed by atoms with Gasteiger partial charge >= 0.3 is 0 Å². The Labute approximate surface area is 91.0 Å². The van der Waals surface area contributed by atoms with Crippen LogP contribution in [0.5, 0.6) is 0 Å². The summed E-state index contributed by atoms with van der Waals surface area (Å²) < 4.78 is 11.7. The zero-order valence-electron chi connectivity index (χ0n) is 7.91. The third kappa shape index (κ3) is 3.38. The summed E-state index contributed by atoms with van der Waals surface area (Å²) in [6, 6.07) is 2.07. The molecule has 2 nitrogen and oxygen atoms in total. The van der Waals surface area contributed by atoms with E-state index in [2.05, 4.69) is 22.0 Å². The smallest absolute Gasteiger partial charge is 0.155 e. The lowest BCUT2D eigenvalue weighted by atomic mass is 10.3. The van der Waals surface area contributed by atoms with Gasteiger partial charge in [-0.3, -0.25) is 0 Å². The van der Waals surface area contributed by atoms with E-state index in [1.165, 1.54) is 4.88 Å². The van der Waals surface area contributed by atoms with Crippen molar-refractivity contribution in [2.75, 3.05) is 7.11 Å². The highest BCUT2D eigenvalue weighted by atomic mass is 79.9. The van der Waals surface area contributed by atoms with Crippen molar-refractivity contribution in [3.63, 3.8) is 0 Å². The van der Waals surface area contributed by atoms with Gasteiger partial charge in [-0.15, -0.1) is 11.3 Å². The molecule has 0 aromatic carbocycles. The molecule has 1 heterocycles. The van der Waals surface area contributed by atoms with Crippen LogP contribution in [-0.2, 0) is 9.47 Å². The summed E-state index contributed by atoms with van der Waals surface area (Å²) in [6.07, 6.45) is -0.0675. The lowest BCUT2D eigenvalue weighted by molar-refractivity contribution is -0.140. The molecule has 0 saturated heterocycles. The SMILES string of the molecule is COC(C)OC(C)c1cc(Br)cs1. The Bertz CT molecular complexity index is 262. The quantitative estimate of drug-likeness (QED) is 0.775. The number of methoxy groups -OCH3 is 1. The maximum atomic E-state index is 5.57. The zero-order valence-corrected chi connectivity index (χ0v) is 10.3. The molecule has 4 heteroatoms. The van der Waals surface area contributed by atoms with Gasteiger partial charge in [-0.25, -0.2) is 0 Å². The van der Waals surface area contributed by atoms with Crippen LogP contribution in [-0.4, -0.2) is 13.4 Å². The predicted molar refractivity (Wildman–Crippen MR) is 58.0 cm³/mol. The summed E-state index contributed by atoms with van der Waals surface area (Å²) in [5.41, 5.74) is 0. The fourth-order valence-corrected chi connectivity index (χ4v) is 2.39. The van der Waals surface area contributed by atoms with E-state index in [9.17, 15) is 0 Å². The number of ether oxygens (including phenoxy) is 2. The van der Waals surface area contributed by atoms with Crippen LogP contribution in [0.3, 0.4) is 0 Å². The van der Waals surface area contributed by atoms with E-state index in [-0.39, 0.29) is 12.4 Å². The molecule has 2 atom stereocenters. The molecule has 0 radical (unpaired) electrons. The Morgan fingerprint density at radius 2 is 2.15 bits per heavy atom. The molecule has 0 bridgehead atoms. The van der Waals surface area contributed by atoms with Crippen LogP contribution < -0.4 is 0 Å². The summed E-state index contributed by atoms with van der Waals surface area (Å²) in [5.74, 6) is 0. The highest BCUT2D eigenvalue weighted by Crippen LogP contribution is 2.28.